The van der Waals surface area contributed by atoms with Gasteiger partial charge in [-0.1, -0.05) is 0 Å². The second-order valence-corrected chi connectivity index (χ2v) is 6.63. The molecule has 2 aromatic heterocycles. The van der Waals surface area contributed by atoms with Gasteiger partial charge in [-0.05, 0) is 46.9 Å². The maximum absolute atomic E-state index is 12.1. The summed E-state index contributed by atoms with van der Waals surface area (Å²) >= 11 is 0. The zero-order valence-electron chi connectivity index (χ0n) is 14.9. The van der Waals surface area contributed by atoms with Crippen LogP contribution in [-0.4, -0.2) is 56.7 Å². The van der Waals surface area contributed by atoms with Crippen molar-refractivity contribution in [2.24, 2.45) is 0 Å². The zero-order valence-corrected chi connectivity index (χ0v) is 14.9. The first-order valence-electron chi connectivity index (χ1n) is 7.86. The lowest BCUT2D eigenvalue weighted by molar-refractivity contribution is -0.120. The van der Waals surface area contributed by atoms with Crippen LogP contribution in [0, 0.1) is 0 Å². The topological polar surface area (TPSA) is 118 Å². The number of likely N-dealkylation sites (N-methyl/N-ethyl adjacent to an activating group) is 1. The van der Waals surface area contributed by atoms with Crippen molar-refractivity contribution >= 4 is 28.9 Å². The molecule has 0 spiro atoms. The van der Waals surface area contributed by atoms with Crippen LogP contribution in [0.4, 0.5) is 10.6 Å². The Hall–Kier alpha value is -2.52. The summed E-state index contributed by atoms with van der Waals surface area (Å²) in [6.07, 6.45) is -0.0480. The lowest BCUT2D eigenvalue weighted by atomic mass is 10.1. The van der Waals surface area contributed by atoms with Crippen molar-refractivity contribution < 1.29 is 19.4 Å². The van der Waals surface area contributed by atoms with Gasteiger partial charge in [-0.2, -0.15) is 9.78 Å². The lowest BCUT2D eigenvalue weighted by Gasteiger charge is -2.19. The van der Waals surface area contributed by atoms with Gasteiger partial charge in [-0.25, -0.2) is 9.78 Å². The van der Waals surface area contributed by atoms with Crippen LogP contribution in [0.2, 0.25) is 0 Å². The van der Waals surface area contributed by atoms with E-state index in [4.69, 9.17) is 4.74 Å². The Kier molecular flexibility index (Phi) is 5.39. The monoisotopic (exact) mass is 349 g/mol. The second-order valence-electron chi connectivity index (χ2n) is 6.63. The number of fused-ring (bicyclic) bond motifs is 1. The molecule has 9 nitrogen and oxygen atoms in total. The minimum Gasteiger partial charge on any atom is -0.442 e. The number of carbonyl (C=O) groups excluding carboxylic acids is 2. The van der Waals surface area contributed by atoms with E-state index < -0.39 is 29.7 Å². The maximum Gasteiger partial charge on any atom is 0.435 e. The molecule has 0 aliphatic carbocycles. The van der Waals surface area contributed by atoms with Gasteiger partial charge in [-0.3, -0.25) is 4.79 Å². The Labute approximate surface area is 145 Å². The molecule has 0 saturated heterocycles. The minimum absolute atomic E-state index is 0.294. The Morgan fingerprint density at radius 2 is 2.00 bits per heavy atom. The third-order valence-electron chi connectivity index (χ3n) is 3.32. The summed E-state index contributed by atoms with van der Waals surface area (Å²) in [4.78, 5) is 28.5. The van der Waals surface area contributed by atoms with Crippen LogP contribution < -0.4 is 10.6 Å². The SMILES string of the molecule is CN[C@@H](C(=O)Nc1ccc2c(cnn2C(=O)OC(C)(C)C)n1)[C@@H](C)O. The van der Waals surface area contributed by atoms with E-state index in [1.165, 1.54) is 13.1 Å². The number of ether oxygens (including phenoxy) is 1. The van der Waals surface area contributed by atoms with Gasteiger partial charge < -0.3 is 20.5 Å². The molecule has 25 heavy (non-hydrogen) atoms. The van der Waals surface area contributed by atoms with E-state index in [0.717, 1.165) is 4.68 Å². The summed E-state index contributed by atoms with van der Waals surface area (Å²) in [5, 5.41) is 18.9. The van der Waals surface area contributed by atoms with E-state index in [-0.39, 0.29) is 0 Å². The highest BCUT2D eigenvalue weighted by Crippen LogP contribution is 2.17. The van der Waals surface area contributed by atoms with Crippen LogP contribution in [0.3, 0.4) is 0 Å². The number of nitrogens with zero attached hydrogens (tertiary/aromatic N) is 3. The van der Waals surface area contributed by atoms with E-state index in [1.807, 2.05) is 0 Å². The smallest absolute Gasteiger partial charge is 0.435 e. The Morgan fingerprint density at radius 1 is 1.32 bits per heavy atom. The second kappa shape index (κ2) is 7.16. The molecule has 0 saturated carbocycles. The average molecular weight is 349 g/mol. The van der Waals surface area contributed by atoms with Crippen LogP contribution in [0.15, 0.2) is 18.3 Å². The van der Waals surface area contributed by atoms with Gasteiger partial charge in [0.15, 0.2) is 0 Å². The van der Waals surface area contributed by atoms with Crippen molar-refractivity contribution in [3.63, 3.8) is 0 Å². The highest BCUT2D eigenvalue weighted by molar-refractivity contribution is 5.95. The molecule has 2 rings (SSSR count). The van der Waals surface area contributed by atoms with E-state index in [1.54, 1.807) is 40.0 Å². The Bertz CT molecular complexity index is 778. The summed E-state index contributed by atoms with van der Waals surface area (Å²) < 4.78 is 6.40. The van der Waals surface area contributed by atoms with Crippen molar-refractivity contribution in [3.05, 3.63) is 18.3 Å². The van der Waals surface area contributed by atoms with Crippen LogP contribution >= 0.6 is 0 Å². The van der Waals surface area contributed by atoms with Crippen molar-refractivity contribution in [3.8, 4) is 0 Å². The third kappa shape index (κ3) is 4.52. The van der Waals surface area contributed by atoms with E-state index in [2.05, 4.69) is 20.7 Å². The fourth-order valence-electron chi connectivity index (χ4n) is 2.23. The first-order chi connectivity index (χ1) is 11.6. The molecule has 0 radical (unpaired) electrons. The number of carbonyl (C=O) groups is 2. The predicted octanol–water partition coefficient (Wildman–Crippen LogP) is 1.12. The molecule has 0 unspecified atom stereocenters. The Morgan fingerprint density at radius 3 is 2.56 bits per heavy atom. The molecule has 9 heteroatoms. The highest BCUT2D eigenvalue weighted by atomic mass is 16.6. The number of aliphatic hydroxyl groups excluding tert-OH is 1. The van der Waals surface area contributed by atoms with Crippen LogP contribution in [0.1, 0.15) is 27.7 Å². The molecule has 0 bridgehead atoms. The number of anilines is 1. The highest BCUT2D eigenvalue weighted by Gasteiger charge is 2.23. The molecule has 2 heterocycles. The lowest BCUT2D eigenvalue weighted by Crippen LogP contribution is -2.46. The Balaban J connectivity index is 2.22. The van der Waals surface area contributed by atoms with E-state index in [9.17, 15) is 14.7 Å². The summed E-state index contributed by atoms with van der Waals surface area (Å²) in [7, 11) is 1.58. The normalized spacial score (nSPS) is 14.2. The number of nitrogens with one attached hydrogen (secondary N) is 2. The van der Waals surface area contributed by atoms with E-state index >= 15 is 0 Å². The summed E-state index contributed by atoms with van der Waals surface area (Å²) in [6, 6.07) is 2.41. The quantitative estimate of drug-likeness (QED) is 0.757. The van der Waals surface area contributed by atoms with Crippen molar-refractivity contribution in [1.29, 1.82) is 0 Å². The maximum atomic E-state index is 12.1. The van der Waals surface area contributed by atoms with Gasteiger partial charge in [0.05, 0.1) is 17.8 Å². The molecule has 1 amide bonds. The number of pyridine rings is 1. The number of hydrogen-bond donors (Lipinski definition) is 3. The van der Waals surface area contributed by atoms with Crippen LogP contribution in [0.25, 0.3) is 11.0 Å². The standard InChI is InChI=1S/C16H23N5O4/c1-9(22)13(17-5)14(23)20-12-7-6-11-10(19-12)8-18-21(11)15(24)25-16(2,3)4/h6-9,13,17,22H,1-5H3,(H,19,20,23)/t9-,13-/m1/s1. The molecule has 2 atom stereocenters. The summed E-state index contributed by atoms with van der Waals surface area (Å²) in [5.74, 6) is -0.119. The number of aromatic nitrogens is 3. The number of rotatable bonds is 4. The first-order valence-corrected chi connectivity index (χ1v) is 7.86. The molecule has 2 aromatic rings. The van der Waals surface area contributed by atoms with Gasteiger partial charge in [0.25, 0.3) is 0 Å². The molecule has 0 fully saturated rings. The number of amides is 1. The van der Waals surface area contributed by atoms with Crippen molar-refractivity contribution in [1.82, 2.24) is 20.1 Å². The molecular weight excluding hydrogens is 326 g/mol. The third-order valence-corrected chi connectivity index (χ3v) is 3.32. The first kappa shape index (κ1) is 18.8. The average Bonchev–Trinajstić information content (AvgIpc) is 2.88. The summed E-state index contributed by atoms with van der Waals surface area (Å²) in [5.41, 5.74) is 0.259. The van der Waals surface area contributed by atoms with Gasteiger partial charge in [0.1, 0.15) is 23.0 Å². The van der Waals surface area contributed by atoms with Gasteiger partial charge >= 0.3 is 6.09 Å². The molecule has 3 N–H and O–H groups in total. The predicted molar refractivity (Wildman–Crippen MR) is 92.3 cm³/mol. The molecule has 0 aliphatic rings. The zero-order chi connectivity index (χ0) is 18.8. The summed E-state index contributed by atoms with van der Waals surface area (Å²) in [6.45, 7) is 6.82. The molecule has 136 valence electrons. The molecular formula is C16H23N5O4. The van der Waals surface area contributed by atoms with Crippen LogP contribution in [0.5, 0.6) is 0 Å². The minimum atomic E-state index is -0.858. The molecule has 0 aromatic carbocycles. The van der Waals surface area contributed by atoms with Gasteiger partial charge in [0, 0.05) is 0 Å². The van der Waals surface area contributed by atoms with E-state index in [0.29, 0.717) is 16.9 Å². The van der Waals surface area contributed by atoms with Crippen molar-refractivity contribution in [2.45, 2.75) is 45.4 Å². The fourth-order valence-corrected chi connectivity index (χ4v) is 2.23. The van der Waals surface area contributed by atoms with Gasteiger partial charge in [-0.15, -0.1) is 0 Å². The number of hydrogen-bond acceptors (Lipinski definition) is 7. The fraction of sp³-hybridized carbons (Fsp3) is 0.500. The number of aliphatic hydroxyl groups is 1. The van der Waals surface area contributed by atoms with Gasteiger partial charge in [0.2, 0.25) is 5.91 Å². The molecule has 0 aliphatic heterocycles. The largest absolute Gasteiger partial charge is 0.442 e. The van der Waals surface area contributed by atoms with Crippen molar-refractivity contribution in [2.75, 3.05) is 12.4 Å². The van der Waals surface area contributed by atoms with Crippen LogP contribution in [-0.2, 0) is 9.53 Å².